The number of hydrogen-bond acceptors (Lipinski definition) is 5. The van der Waals surface area contributed by atoms with Gasteiger partial charge in [0.1, 0.15) is 12.4 Å². The van der Waals surface area contributed by atoms with Crippen molar-refractivity contribution in [1.82, 2.24) is 9.97 Å². The van der Waals surface area contributed by atoms with Crippen molar-refractivity contribution in [1.29, 1.82) is 0 Å². The summed E-state index contributed by atoms with van der Waals surface area (Å²) in [6.07, 6.45) is 4.79. The Balaban J connectivity index is 1.60. The van der Waals surface area contributed by atoms with Gasteiger partial charge in [0.2, 0.25) is 0 Å². The van der Waals surface area contributed by atoms with E-state index in [1.807, 2.05) is 12.1 Å². The fraction of sp³-hybridized carbons (Fsp3) is 0.333. The van der Waals surface area contributed by atoms with Crippen LogP contribution >= 0.6 is 0 Å². The number of nitrogens with zero attached hydrogens (tertiary/aromatic N) is 4. The second kappa shape index (κ2) is 9.95. The summed E-state index contributed by atoms with van der Waals surface area (Å²) in [6, 6.07) is 16.7. The first-order chi connectivity index (χ1) is 17.1. The largest absolute Gasteiger partial charge is 0.494 e. The summed E-state index contributed by atoms with van der Waals surface area (Å²) in [6.45, 7) is 9.70. The van der Waals surface area contributed by atoms with E-state index in [4.69, 9.17) is 14.7 Å². The zero-order chi connectivity index (χ0) is 24.4. The second-order valence-electron chi connectivity index (χ2n) is 9.32. The molecule has 5 nitrogen and oxygen atoms in total. The topological polar surface area (TPSA) is 59.7 Å². The van der Waals surface area contributed by atoms with Crippen LogP contribution in [0, 0.1) is 20.8 Å². The number of unbranched alkanes of at least 4 members (excludes halogenated alkanes) is 3. The number of hydrogen-bond donors (Lipinski definition) is 0. The fourth-order valence-electron chi connectivity index (χ4n) is 4.64. The molecule has 0 saturated heterocycles. The number of rotatable bonds is 8. The van der Waals surface area contributed by atoms with Crippen LogP contribution in [0.2, 0.25) is 0 Å². The number of benzene rings is 3. The number of fused-ring (bicyclic) bond motifs is 2. The highest BCUT2D eigenvalue weighted by Crippen LogP contribution is 2.33. The second-order valence-corrected chi connectivity index (χ2v) is 9.32. The Morgan fingerprint density at radius 3 is 1.77 bits per heavy atom. The van der Waals surface area contributed by atoms with Crippen molar-refractivity contribution >= 4 is 11.0 Å². The molecular weight excluding hydrogens is 432 g/mol. The summed E-state index contributed by atoms with van der Waals surface area (Å²) >= 11 is 0. The van der Waals surface area contributed by atoms with Crippen LogP contribution in [0.5, 0.6) is 5.75 Å². The van der Waals surface area contributed by atoms with Crippen molar-refractivity contribution in [2.45, 2.75) is 53.4 Å². The molecule has 0 radical (unpaired) electrons. The molecule has 0 spiro atoms. The highest BCUT2D eigenvalue weighted by Gasteiger charge is 2.19. The van der Waals surface area contributed by atoms with Crippen molar-refractivity contribution in [2.24, 2.45) is 9.98 Å². The summed E-state index contributed by atoms with van der Waals surface area (Å²) < 4.78 is 5.97. The lowest BCUT2D eigenvalue weighted by atomic mass is 10.0. The summed E-state index contributed by atoms with van der Waals surface area (Å²) in [5.74, 6) is 0.890. The van der Waals surface area contributed by atoms with E-state index < -0.39 is 0 Å². The summed E-state index contributed by atoms with van der Waals surface area (Å²) in [5.41, 5.74) is 8.91. The Kier molecular flexibility index (Phi) is 6.58. The molecule has 0 saturated carbocycles. The SMILES string of the molecule is CCCCCCOc1ccc(-c2nc3c(C)c4c(c(C)c3nc2-c2ccc(C)cc2)=NCN=4)cc1. The van der Waals surface area contributed by atoms with Gasteiger partial charge in [-0.25, -0.2) is 9.97 Å². The normalized spacial score (nSPS) is 12.3. The van der Waals surface area contributed by atoms with E-state index in [9.17, 15) is 0 Å². The van der Waals surface area contributed by atoms with Crippen molar-refractivity contribution < 1.29 is 4.74 Å². The molecule has 0 N–H and O–H groups in total. The third kappa shape index (κ3) is 4.55. The molecule has 0 bridgehead atoms. The molecule has 35 heavy (non-hydrogen) atoms. The molecule has 0 atom stereocenters. The zero-order valence-electron chi connectivity index (χ0n) is 21.1. The van der Waals surface area contributed by atoms with Crippen molar-refractivity contribution in [3.63, 3.8) is 0 Å². The fourth-order valence-corrected chi connectivity index (χ4v) is 4.64. The van der Waals surface area contributed by atoms with E-state index in [0.29, 0.717) is 6.67 Å². The van der Waals surface area contributed by atoms with Crippen LogP contribution in [0.4, 0.5) is 0 Å². The minimum Gasteiger partial charge on any atom is -0.494 e. The van der Waals surface area contributed by atoms with Crippen LogP contribution in [0.3, 0.4) is 0 Å². The van der Waals surface area contributed by atoms with Crippen LogP contribution < -0.4 is 15.5 Å². The minimum absolute atomic E-state index is 0.477. The first kappa shape index (κ1) is 23.2. The maximum Gasteiger partial charge on any atom is 0.130 e. The van der Waals surface area contributed by atoms with Crippen molar-refractivity contribution in [3.8, 4) is 28.3 Å². The predicted molar refractivity (Wildman–Crippen MR) is 141 cm³/mol. The smallest absolute Gasteiger partial charge is 0.130 e. The van der Waals surface area contributed by atoms with Gasteiger partial charge in [-0.1, -0.05) is 56.0 Å². The third-order valence-electron chi connectivity index (χ3n) is 6.72. The average Bonchev–Trinajstić information content (AvgIpc) is 3.38. The van der Waals surface area contributed by atoms with Crippen molar-refractivity contribution in [2.75, 3.05) is 13.3 Å². The van der Waals surface area contributed by atoms with Gasteiger partial charge in [-0.15, -0.1) is 0 Å². The average molecular weight is 465 g/mol. The highest BCUT2D eigenvalue weighted by molar-refractivity contribution is 5.89. The Hall–Kier alpha value is -3.60. The number of ether oxygens (including phenoxy) is 1. The molecule has 5 rings (SSSR count). The van der Waals surface area contributed by atoms with E-state index in [1.54, 1.807) is 0 Å². The lowest BCUT2D eigenvalue weighted by Crippen LogP contribution is -2.29. The monoisotopic (exact) mass is 464 g/mol. The van der Waals surface area contributed by atoms with E-state index >= 15 is 0 Å². The van der Waals surface area contributed by atoms with Gasteiger partial charge in [-0.05, 0) is 51.5 Å². The number of aromatic nitrogens is 2. The molecule has 3 aromatic carbocycles. The van der Waals surface area contributed by atoms with Gasteiger partial charge < -0.3 is 4.74 Å². The molecule has 0 unspecified atom stereocenters. The maximum atomic E-state index is 5.97. The molecule has 0 fully saturated rings. The van der Waals surface area contributed by atoms with E-state index in [2.05, 4.69) is 74.1 Å². The molecule has 5 heteroatoms. The van der Waals surface area contributed by atoms with Crippen LogP contribution in [-0.4, -0.2) is 23.2 Å². The highest BCUT2D eigenvalue weighted by atomic mass is 16.5. The van der Waals surface area contributed by atoms with Gasteiger partial charge >= 0.3 is 0 Å². The van der Waals surface area contributed by atoms with Crippen LogP contribution in [0.15, 0.2) is 58.5 Å². The molecule has 1 aliphatic rings. The molecule has 1 aromatic heterocycles. The van der Waals surface area contributed by atoms with Crippen molar-refractivity contribution in [3.05, 3.63) is 75.9 Å². The summed E-state index contributed by atoms with van der Waals surface area (Å²) in [5, 5.41) is 1.90. The molecule has 178 valence electrons. The standard InChI is InChI=1S/C30H32N4O/c1-5-6-7-8-17-35-24-15-13-23(14-16-24)30-29(22-11-9-19(2)10-12-22)33-27-20(3)25-26(32-18-31-25)21(4)28(27)34-30/h9-16H,5-8,17-18H2,1-4H3. The molecule has 4 aromatic rings. The molecule has 2 heterocycles. The van der Waals surface area contributed by atoms with Crippen LogP contribution in [0.1, 0.15) is 49.3 Å². The summed E-state index contributed by atoms with van der Waals surface area (Å²) in [4.78, 5) is 19.6. The van der Waals surface area contributed by atoms with Gasteiger partial charge in [0.05, 0.1) is 39.7 Å². The van der Waals surface area contributed by atoms with Crippen LogP contribution in [-0.2, 0) is 0 Å². The lowest BCUT2D eigenvalue weighted by Gasteiger charge is -2.14. The Morgan fingerprint density at radius 2 is 1.23 bits per heavy atom. The predicted octanol–water partition coefficient (Wildman–Crippen LogP) is 6.06. The third-order valence-corrected chi connectivity index (χ3v) is 6.72. The van der Waals surface area contributed by atoms with Gasteiger partial charge in [-0.2, -0.15) is 0 Å². The van der Waals surface area contributed by atoms with Gasteiger partial charge in [-0.3, -0.25) is 9.98 Å². The van der Waals surface area contributed by atoms with Crippen LogP contribution in [0.25, 0.3) is 33.5 Å². The number of aryl methyl sites for hydroxylation is 3. The molecular formula is C30H32N4O. The maximum absolute atomic E-state index is 5.97. The first-order valence-corrected chi connectivity index (χ1v) is 12.6. The Labute approximate surface area is 206 Å². The first-order valence-electron chi connectivity index (χ1n) is 12.6. The van der Waals surface area contributed by atoms with E-state index in [-0.39, 0.29) is 0 Å². The molecule has 0 amide bonds. The van der Waals surface area contributed by atoms with Gasteiger partial charge in [0.25, 0.3) is 0 Å². The van der Waals surface area contributed by atoms with E-state index in [0.717, 1.165) is 74.2 Å². The lowest BCUT2D eigenvalue weighted by molar-refractivity contribution is 0.305. The Bertz CT molecular complexity index is 1490. The van der Waals surface area contributed by atoms with E-state index in [1.165, 1.54) is 24.8 Å². The molecule has 1 aliphatic heterocycles. The molecule has 0 aliphatic carbocycles. The van der Waals surface area contributed by atoms with Gasteiger partial charge in [0, 0.05) is 22.3 Å². The quantitative estimate of drug-likeness (QED) is 0.298. The zero-order valence-corrected chi connectivity index (χ0v) is 21.1. The Morgan fingerprint density at radius 1 is 0.686 bits per heavy atom. The van der Waals surface area contributed by atoms with Gasteiger partial charge in [0.15, 0.2) is 0 Å². The minimum atomic E-state index is 0.477. The summed E-state index contributed by atoms with van der Waals surface area (Å²) in [7, 11) is 0.